The summed E-state index contributed by atoms with van der Waals surface area (Å²) in [5, 5.41) is 3.07. The lowest BCUT2D eigenvalue weighted by Gasteiger charge is -2.43. The predicted molar refractivity (Wildman–Crippen MR) is 122 cm³/mol. The van der Waals surface area contributed by atoms with Gasteiger partial charge in [0, 0.05) is 42.5 Å². The van der Waals surface area contributed by atoms with Crippen molar-refractivity contribution in [2.24, 2.45) is 5.92 Å². The number of amides is 1. The summed E-state index contributed by atoms with van der Waals surface area (Å²) in [6, 6.07) is 13.2. The number of nitrogens with zero attached hydrogens (tertiary/aromatic N) is 4. The first-order chi connectivity index (χ1) is 15.2. The smallest absolute Gasteiger partial charge is 0.223 e. The molecule has 0 bridgehead atoms. The molecular formula is C25H35N5O. The molecule has 166 valence electrons. The van der Waals surface area contributed by atoms with Crippen LogP contribution in [0.2, 0.25) is 0 Å². The van der Waals surface area contributed by atoms with E-state index in [0.29, 0.717) is 18.6 Å². The van der Waals surface area contributed by atoms with E-state index >= 15 is 0 Å². The van der Waals surface area contributed by atoms with E-state index in [1.807, 2.05) is 30.5 Å². The molecule has 0 saturated carbocycles. The maximum atomic E-state index is 12.6. The molecule has 31 heavy (non-hydrogen) atoms. The summed E-state index contributed by atoms with van der Waals surface area (Å²) in [4.78, 5) is 26.6. The summed E-state index contributed by atoms with van der Waals surface area (Å²) in [6.07, 6.45) is 9.05. The van der Waals surface area contributed by atoms with Crippen molar-refractivity contribution in [3.63, 3.8) is 0 Å². The van der Waals surface area contributed by atoms with E-state index in [1.54, 1.807) is 6.20 Å². The Kier molecular flexibility index (Phi) is 7.65. The standard InChI is InChI=1S/C25H35N5O/c1-20(18-22-6-2-4-12-26-22)29-16-10-24(11-17-29)30-14-8-21(9-15-30)25(31)28-19-23-7-3-5-13-27-23/h2-7,12-13,20-21,24H,8-11,14-19H2,1H3,(H,28,31)/t20-/m1/s1. The van der Waals surface area contributed by atoms with E-state index in [2.05, 4.69) is 44.1 Å². The molecule has 1 N–H and O–H groups in total. The summed E-state index contributed by atoms with van der Waals surface area (Å²) in [6.45, 7) is 7.23. The topological polar surface area (TPSA) is 61.4 Å². The van der Waals surface area contributed by atoms with Crippen LogP contribution in [0.3, 0.4) is 0 Å². The highest BCUT2D eigenvalue weighted by Gasteiger charge is 2.31. The average molecular weight is 422 g/mol. The number of likely N-dealkylation sites (tertiary alicyclic amines) is 2. The Bertz CT molecular complexity index is 799. The Morgan fingerprint density at radius 2 is 1.61 bits per heavy atom. The van der Waals surface area contributed by atoms with E-state index in [1.165, 1.54) is 18.5 Å². The lowest BCUT2D eigenvalue weighted by molar-refractivity contribution is -0.126. The molecule has 4 rings (SSSR count). The first-order valence-electron chi connectivity index (χ1n) is 11.7. The van der Waals surface area contributed by atoms with Crippen LogP contribution in [0.25, 0.3) is 0 Å². The number of carbonyl (C=O) groups excluding carboxylic acids is 1. The van der Waals surface area contributed by atoms with Gasteiger partial charge in [0.05, 0.1) is 12.2 Å². The van der Waals surface area contributed by atoms with Crippen molar-refractivity contribution in [2.45, 2.75) is 57.7 Å². The zero-order chi connectivity index (χ0) is 21.5. The van der Waals surface area contributed by atoms with Gasteiger partial charge in [0.2, 0.25) is 5.91 Å². The molecule has 0 aliphatic carbocycles. The van der Waals surface area contributed by atoms with Crippen LogP contribution in [0.1, 0.15) is 44.0 Å². The fourth-order valence-electron chi connectivity index (χ4n) is 4.99. The monoisotopic (exact) mass is 421 g/mol. The molecule has 2 aromatic heterocycles. The number of piperidine rings is 2. The van der Waals surface area contributed by atoms with Crippen molar-refractivity contribution in [1.82, 2.24) is 25.1 Å². The zero-order valence-electron chi connectivity index (χ0n) is 18.6. The fraction of sp³-hybridized carbons (Fsp3) is 0.560. The Labute approximate surface area is 186 Å². The molecule has 1 atom stereocenters. The first kappa shape index (κ1) is 21.9. The summed E-state index contributed by atoms with van der Waals surface area (Å²) >= 11 is 0. The van der Waals surface area contributed by atoms with Gasteiger partial charge < -0.3 is 15.1 Å². The van der Waals surface area contributed by atoms with Gasteiger partial charge in [-0.1, -0.05) is 12.1 Å². The highest BCUT2D eigenvalue weighted by atomic mass is 16.1. The summed E-state index contributed by atoms with van der Waals surface area (Å²) in [5.74, 6) is 0.321. The third-order valence-corrected chi connectivity index (χ3v) is 6.94. The highest BCUT2D eigenvalue weighted by molar-refractivity contribution is 5.78. The summed E-state index contributed by atoms with van der Waals surface area (Å²) in [5.41, 5.74) is 2.10. The van der Waals surface area contributed by atoms with Crippen molar-refractivity contribution in [3.8, 4) is 0 Å². The molecule has 0 radical (unpaired) electrons. The van der Waals surface area contributed by atoms with Crippen molar-refractivity contribution in [1.29, 1.82) is 0 Å². The molecule has 0 unspecified atom stereocenters. The molecule has 2 aromatic rings. The molecule has 6 heteroatoms. The predicted octanol–water partition coefficient (Wildman–Crippen LogP) is 2.90. The normalized spacial score (nSPS) is 20.4. The molecular weight excluding hydrogens is 386 g/mol. The van der Waals surface area contributed by atoms with Crippen molar-refractivity contribution < 1.29 is 4.79 Å². The van der Waals surface area contributed by atoms with Gasteiger partial charge in [-0.15, -0.1) is 0 Å². The zero-order valence-corrected chi connectivity index (χ0v) is 18.6. The maximum absolute atomic E-state index is 12.6. The van der Waals surface area contributed by atoms with Gasteiger partial charge in [0.15, 0.2) is 0 Å². The lowest BCUT2D eigenvalue weighted by Crippen LogP contribution is -2.50. The van der Waals surface area contributed by atoms with Crippen molar-refractivity contribution >= 4 is 5.91 Å². The minimum Gasteiger partial charge on any atom is -0.350 e. The minimum atomic E-state index is 0.137. The SMILES string of the molecule is C[C@H](Cc1ccccn1)N1CCC(N2CCC(C(=O)NCc3ccccn3)CC2)CC1. The van der Waals surface area contributed by atoms with E-state index in [9.17, 15) is 4.79 Å². The van der Waals surface area contributed by atoms with Gasteiger partial charge in [-0.2, -0.15) is 0 Å². The van der Waals surface area contributed by atoms with Crippen LogP contribution in [0.15, 0.2) is 48.8 Å². The van der Waals surface area contributed by atoms with E-state index < -0.39 is 0 Å². The molecule has 4 heterocycles. The first-order valence-corrected chi connectivity index (χ1v) is 11.7. The van der Waals surface area contributed by atoms with E-state index in [0.717, 1.165) is 51.1 Å². The number of aromatic nitrogens is 2. The lowest BCUT2D eigenvalue weighted by atomic mass is 9.92. The van der Waals surface area contributed by atoms with Gasteiger partial charge in [-0.25, -0.2) is 0 Å². The Balaban J connectivity index is 1.16. The minimum absolute atomic E-state index is 0.137. The van der Waals surface area contributed by atoms with Crippen LogP contribution < -0.4 is 5.32 Å². The van der Waals surface area contributed by atoms with Crippen LogP contribution in [0, 0.1) is 5.92 Å². The molecule has 0 spiro atoms. The van der Waals surface area contributed by atoms with E-state index in [-0.39, 0.29) is 11.8 Å². The number of hydrogen-bond donors (Lipinski definition) is 1. The molecule has 6 nitrogen and oxygen atoms in total. The van der Waals surface area contributed by atoms with Crippen molar-refractivity contribution in [2.75, 3.05) is 26.2 Å². The van der Waals surface area contributed by atoms with Gasteiger partial charge in [0.1, 0.15) is 0 Å². The fourth-order valence-corrected chi connectivity index (χ4v) is 4.99. The van der Waals surface area contributed by atoms with Crippen LogP contribution in [-0.2, 0) is 17.8 Å². The third kappa shape index (κ3) is 6.11. The largest absolute Gasteiger partial charge is 0.350 e. The van der Waals surface area contributed by atoms with Crippen LogP contribution in [-0.4, -0.2) is 63.9 Å². The van der Waals surface area contributed by atoms with E-state index in [4.69, 9.17) is 0 Å². The molecule has 2 aliphatic heterocycles. The molecule has 1 amide bonds. The number of carbonyl (C=O) groups is 1. The third-order valence-electron chi connectivity index (χ3n) is 6.94. The van der Waals surface area contributed by atoms with Gasteiger partial charge in [0.25, 0.3) is 0 Å². The molecule has 2 fully saturated rings. The molecule has 0 aromatic carbocycles. The number of rotatable bonds is 7. The average Bonchev–Trinajstić information content (AvgIpc) is 2.84. The van der Waals surface area contributed by atoms with Crippen molar-refractivity contribution in [3.05, 3.63) is 60.2 Å². The van der Waals surface area contributed by atoms with Crippen LogP contribution in [0.4, 0.5) is 0 Å². The Morgan fingerprint density at radius 3 is 2.23 bits per heavy atom. The Hall–Kier alpha value is -2.31. The highest BCUT2D eigenvalue weighted by Crippen LogP contribution is 2.25. The molecule has 2 aliphatic rings. The second-order valence-corrected chi connectivity index (χ2v) is 8.99. The number of nitrogens with one attached hydrogen (secondary N) is 1. The number of hydrogen-bond acceptors (Lipinski definition) is 5. The summed E-state index contributed by atoms with van der Waals surface area (Å²) < 4.78 is 0. The Morgan fingerprint density at radius 1 is 0.968 bits per heavy atom. The number of pyridine rings is 2. The van der Waals surface area contributed by atoms with Gasteiger partial charge >= 0.3 is 0 Å². The molecule has 2 saturated heterocycles. The van der Waals surface area contributed by atoms with Gasteiger partial charge in [-0.3, -0.25) is 14.8 Å². The summed E-state index contributed by atoms with van der Waals surface area (Å²) in [7, 11) is 0. The second-order valence-electron chi connectivity index (χ2n) is 8.99. The quantitative estimate of drug-likeness (QED) is 0.745. The van der Waals surface area contributed by atoms with Crippen LogP contribution in [0.5, 0.6) is 0 Å². The van der Waals surface area contributed by atoms with Gasteiger partial charge in [-0.05, 0) is 83.1 Å². The second kappa shape index (κ2) is 10.8. The maximum Gasteiger partial charge on any atom is 0.223 e. The van der Waals surface area contributed by atoms with Crippen LogP contribution >= 0.6 is 0 Å².